The largest absolute Gasteiger partial charge is 0.272 e. The summed E-state index contributed by atoms with van der Waals surface area (Å²) in [7, 11) is 0. The van der Waals surface area contributed by atoms with E-state index in [0.29, 0.717) is 0 Å². The van der Waals surface area contributed by atoms with Crippen molar-refractivity contribution in [2.45, 2.75) is 20.3 Å². The first-order valence-corrected chi connectivity index (χ1v) is 4.34. The molecule has 3 nitrogen and oxygen atoms in total. The van der Waals surface area contributed by atoms with Gasteiger partial charge in [0.2, 0.25) is 0 Å². The van der Waals surface area contributed by atoms with Crippen LogP contribution in [0.3, 0.4) is 0 Å². The third kappa shape index (κ3) is 1.41. The fraction of sp³-hybridized carbons (Fsp3) is 0.400. The maximum absolute atomic E-state index is 11.3. The zero-order chi connectivity index (χ0) is 9.47. The van der Waals surface area contributed by atoms with Crippen LogP contribution in [0.25, 0.3) is 6.20 Å². The first-order chi connectivity index (χ1) is 6.08. The van der Waals surface area contributed by atoms with Crippen LogP contribution in [0.4, 0.5) is 0 Å². The molecule has 1 aliphatic rings. The summed E-state index contributed by atoms with van der Waals surface area (Å²) in [5.74, 6) is 0.847. The van der Waals surface area contributed by atoms with Crippen molar-refractivity contribution < 1.29 is 0 Å². The molecule has 3 heteroatoms. The van der Waals surface area contributed by atoms with Gasteiger partial charge in [0.15, 0.2) is 0 Å². The molecule has 0 unspecified atom stereocenters. The Hall–Kier alpha value is -1.38. The highest BCUT2D eigenvalue weighted by Gasteiger charge is 2.21. The van der Waals surface area contributed by atoms with E-state index in [2.05, 4.69) is 18.8 Å². The molecule has 0 aromatic carbocycles. The van der Waals surface area contributed by atoms with Crippen molar-refractivity contribution in [3.8, 4) is 0 Å². The standard InChI is InChI=1S/C10H12N2O/c1-10(2)4-6-12-8(7-10)11-5-3-9(12)13/h3-6H,7H2,1-2H3. The quantitative estimate of drug-likeness (QED) is 0.597. The van der Waals surface area contributed by atoms with Gasteiger partial charge in [0, 0.05) is 24.9 Å². The van der Waals surface area contributed by atoms with Crippen LogP contribution in [0, 0.1) is 5.41 Å². The lowest BCUT2D eigenvalue weighted by atomic mass is 9.87. The number of allylic oxidation sites excluding steroid dienone is 1. The molecule has 0 amide bonds. The highest BCUT2D eigenvalue weighted by atomic mass is 16.1. The molecule has 2 heterocycles. The molecule has 13 heavy (non-hydrogen) atoms. The Kier molecular flexibility index (Phi) is 1.62. The molecule has 68 valence electrons. The van der Waals surface area contributed by atoms with Crippen molar-refractivity contribution >= 4 is 6.20 Å². The minimum absolute atomic E-state index is 0.00301. The lowest BCUT2D eigenvalue weighted by molar-refractivity contribution is 0.447. The van der Waals surface area contributed by atoms with Gasteiger partial charge in [0.25, 0.3) is 5.56 Å². The predicted molar refractivity (Wildman–Crippen MR) is 51.3 cm³/mol. The van der Waals surface area contributed by atoms with E-state index in [4.69, 9.17) is 0 Å². The molecule has 0 atom stereocenters. The average Bonchev–Trinajstić information content (AvgIpc) is 2.02. The van der Waals surface area contributed by atoms with E-state index in [1.54, 1.807) is 10.8 Å². The van der Waals surface area contributed by atoms with Gasteiger partial charge in [-0.25, -0.2) is 4.98 Å². The molecule has 0 radical (unpaired) electrons. The molecule has 0 saturated carbocycles. The number of rotatable bonds is 0. The van der Waals surface area contributed by atoms with Crippen molar-refractivity contribution in [1.29, 1.82) is 0 Å². The van der Waals surface area contributed by atoms with Gasteiger partial charge >= 0.3 is 0 Å². The molecule has 0 aliphatic carbocycles. The number of hydrogen-bond acceptors (Lipinski definition) is 2. The second kappa shape index (κ2) is 2.55. The Bertz CT molecular complexity index is 415. The fourth-order valence-corrected chi connectivity index (χ4v) is 1.49. The predicted octanol–water partition coefficient (Wildman–Crippen LogP) is 1.30. The van der Waals surface area contributed by atoms with Crippen molar-refractivity contribution in [2.24, 2.45) is 5.41 Å². The van der Waals surface area contributed by atoms with E-state index in [9.17, 15) is 4.79 Å². The topological polar surface area (TPSA) is 34.9 Å². The Morgan fingerprint density at radius 3 is 3.08 bits per heavy atom. The van der Waals surface area contributed by atoms with Crippen LogP contribution >= 0.6 is 0 Å². The highest BCUT2D eigenvalue weighted by Crippen LogP contribution is 2.25. The molecule has 0 saturated heterocycles. The fourth-order valence-electron chi connectivity index (χ4n) is 1.49. The van der Waals surface area contributed by atoms with Gasteiger partial charge in [-0.1, -0.05) is 19.9 Å². The number of nitrogens with zero attached hydrogens (tertiary/aromatic N) is 2. The summed E-state index contributed by atoms with van der Waals surface area (Å²) in [6, 6.07) is 1.48. The number of aromatic nitrogens is 2. The Labute approximate surface area is 76.7 Å². The minimum atomic E-state index is -0.00301. The van der Waals surface area contributed by atoms with Gasteiger partial charge in [-0.05, 0) is 5.41 Å². The number of hydrogen-bond donors (Lipinski definition) is 0. The molecule has 1 aromatic heterocycles. The van der Waals surface area contributed by atoms with Crippen molar-refractivity contribution in [3.63, 3.8) is 0 Å². The van der Waals surface area contributed by atoms with E-state index in [1.165, 1.54) is 6.07 Å². The van der Waals surface area contributed by atoms with Gasteiger partial charge in [0.1, 0.15) is 5.82 Å². The smallest absolute Gasteiger partial charge is 0.257 e. The Balaban J connectivity index is 2.59. The van der Waals surface area contributed by atoms with Gasteiger partial charge < -0.3 is 0 Å². The van der Waals surface area contributed by atoms with E-state index < -0.39 is 0 Å². The minimum Gasteiger partial charge on any atom is -0.272 e. The maximum Gasteiger partial charge on any atom is 0.257 e. The molecule has 1 aromatic rings. The van der Waals surface area contributed by atoms with Gasteiger partial charge in [-0.3, -0.25) is 9.36 Å². The van der Waals surface area contributed by atoms with E-state index in [-0.39, 0.29) is 11.0 Å². The Morgan fingerprint density at radius 2 is 2.31 bits per heavy atom. The molecule has 2 rings (SSSR count). The zero-order valence-electron chi connectivity index (χ0n) is 7.82. The van der Waals surface area contributed by atoms with Crippen molar-refractivity contribution in [2.75, 3.05) is 0 Å². The lowest BCUT2D eigenvalue weighted by Crippen LogP contribution is -2.27. The summed E-state index contributed by atoms with van der Waals surface area (Å²) in [4.78, 5) is 15.5. The third-order valence-corrected chi connectivity index (χ3v) is 2.24. The van der Waals surface area contributed by atoms with E-state index >= 15 is 0 Å². The summed E-state index contributed by atoms with van der Waals surface area (Å²) in [5, 5.41) is 0. The SMILES string of the molecule is CC1(C)C=Cn2c(nccc2=O)C1. The summed E-state index contributed by atoms with van der Waals surface area (Å²) < 4.78 is 1.60. The highest BCUT2D eigenvalue weighted by molar-refractivity contribution is 5.31. The molecule has 1 aliphatic heterocycles. The Morgan fingerprint density at radius 1 is 1.54 bits per heavy atom. The zero-order valence-corrected chi connectivity index (χ0v) is 7.82. The normalized spacial score (nSPS) is 18.3. The lowest BCUT2D eigenvalue weighted by Gasteiger charge is -2.25. The van der Waals surface area contributed by atoms with Gasteiger partial charge in [-0.2, -0.15) is 0 Å². The summed E-state index contributed by atoms with van der Waals surface area (Å²) >= 11 is 0. The molecule has 0 N–H and O–H groups in total. The first kappa shape index (κ1) is 8.23. The second-order valence-corrected chi connectivity index (χ2v) is 4.05. The summed E-state index contributed by atoms with van der Waals surface area (Å²) in [6.45, 7) is 4.26. The van der Waals surface area contributed by atoms with Crippen LogP contribution in [-0.2, 0) is 6.42 Å². The van der Waals surface area contributed by atoms with Crippen LogP contribution < -0.4 is 5.56 Å². The van der Waals surface area contributed by atoms with Crippen LogP contribution in [0.5, 0.6) is 0 Å². The van der Waals surface area contributed by atoms with Crippen molar-refractivity contribution in [3.05, 3.63) is 34.5 Å². The van der Waals surface area contributed by atoms with Gasteiger partial charge in [-0.15, -0.1) is 0 Å². The van der Waals surface area contributed by atoms with Crippen LogP contribution in [0.1, 0.15) is 19.7 Å². The third-order valence-electron chi connectivity index (χ3n) is 2.24. The number of fused-ring (bicyclic) bond motifs is 1. The van der Waals surface area contributed by atoms with E-state index in [0.717, 1.165) is 12.2 Å². The summed E-state index contributed by atoms with van der Waals surface area (Å²) in [6.07, 6.45) is 6.25. The van der Waals surface area contributed by atoms with E-state index in [1.807, 2.05) is 12.3 Å². The second-order valence-electron chi connectivity index (χ2n) is 4.05. The average molecular weight is 176 g/mol. The molecule has 0 fully saturated rings. The molecule has 0 spiro atoms. The van der Waals surface area contributed by atoms with Gasteiger partial charge in [0.05, 0.1) is 0 Å². The monoisotopic (exact) mass is 176 g/mol. The first-order valence-electron chi connectivity index (χ1n) is 4.34. The molecular formula is C10H12N2O. The van der Waals surface area contributed by atoms with Crippen LogP contribution in [-0.4, -0.2) is 9.55 Å². The molecule has 0 bridgehead atoms. The van der Waals surface area contributed by atoms with Crippen LogP contribution in [0.15, 0.2) is 23.1 Å². The summed E-state index contributed by atoms with van der Waals surface area (Å²) in [5.41, 5.74) is 0.109. The van der Waals surface area contributed by atoms with Crippen molar-refractivity contribution in [1.82, 2.24) is 9.55 Å². The van der Waals surface area contributed by atoms with Crippen LogP contribution in [0.2, 0.25) is 0 Å². The molecular weight excluding hydrogens is 164 g/mol. The maximum atomic E-state index is 11.3.